The van der Waals surface area contributed by atoms with Crippen molar-refractivity contribution in [2.24, 2.45) is 4.99 Å². The summed E-state index contributed by atoms with van der Waals surface area (Å²) in [6.07, 6.45) is 2.04. The molecular formula is C13H12F2N4O4. The fourth-order valence-corrected chi connectivity index (χ4v) is 2.76. The monoisotopic (exact) mass is 326 g/mol. The summed E-state index contributed by atoms with van der Waals surface area (Å²) < 4.78 is 34.2. The molecule has 0 radical (unpaired) electrons. The van der Waals surface area contributed by atoms with Gasteiger partial charge in [-0.3, -0.25) is 14.8 Å². The molecule has 5 N–H and O–H groups in total. The number of aromatic amines is 1. The van der Waals surface area contributed by atoms with Crippen LogP contribution in [0, 0.1) is 12.3 Å². The molecule has 0 aromatic carbocycles. The van der Waals surface area contributed by atoms with Gasteiger partial charge in [-0.25, -0.2) is 13.8 Å². The van der Waals surface area contributed by atoms with Gasteiger partial charge >= 0.3 is 0 Å². The van der Waals surface area contributed by atoms with Crippen molar-refractivity contribution in [3.8, 4) is 12.3 Å². The van der Waals surface area contributed by atoms with Crippen molar-refractivity contribution in [3.63, 3.8) is 0 Å². The molecule has 1 aromatic heterocycles. The molecule has 0 spiro atoms. The highest BCUT2D eigenvalue weighted by molar-refractivity contribution is 5.80. The summed E-state index contributed by atoms with van der Waals surface area (Å²) >= 11 is 0. The standard InChI is InChI=1S/C13H12F2N4O4/c1-2-12(14)8(23-13(15,4-20)10(12)22)5-3-17-7-6(5)18-11(16)19-9(7)21/h1,3,5,8,10,20,22H,4H2,(H3,16,18,19,21)/t5?,8-,10+,12+,13-/m1/s1. The van der Waals surface area contributed by atoms with Gasteiger partial charge in [0.25, 0.3) is 11.4 Å². The fraction of sp³-hybridized carbons (Fsp3) is 0.462. The smallest absolute Gasteiger partial charge is 0.278 e. The van der Waals surface area contributed by atoms with Gasteiger partial charge in [-0.15, -0.1) is 6.42 Å². The van der Waals surface area contributed by atoms with Crippen molar-refractivity contribution < 1.29 is 23.7 Å². The number of aromatic nitrogens is 2. The van der Waals surface area contributed by atoms with Crippen LogP contribution in [0.4, 0.5) is 20.4 Å². The second-order valence-corrected chi connectivity index (χ2v) is 5.29. The maximum atomic E-state index is 15.0. The average molecular weight is 326 g/mol. The SMILES string of the molecule is C#C[C@]1(F)[C@@H](C2C=Nc3c2nc(N)[nH]c3=O)O[C@](F)(CO)[C@H]1O. The zero-order valence-electron chi connectivity index (χ0n) is 11.5. The number of fused-ring (bicyclic) bond motifs is 1. The Kier molecular flexibility index (Phi) is 3.26. The van der Waals surface area contributed by atoms with Crippen molar-refractivity contribution in [1.29, 1.82) is 0 Å². The lowest BCUT2D eigenvalue weighted by molar-refractivity contribution is -0.196. The van der Waals surface area contributed by atoms with Gasteiger partial charge in [-0.2, -0.15) is 0 Å². The number of hydrogen-bond acceptors (Lipinski definition) is 7. The number of nitrogen functional groups attached to an aromatic ring is 1. The molecule has 122 valence electrons. The van der Waals surface area contributed by atoms with E-state index in [9.17, 15) is 18.7 Å². The molecule has 23 heavy (non-hydrogen) atoms. The van der Waals surface area contributed by atoms with E-state index in [2.05, 4.69) is 15.0 Å². The first-order valence-electron chi connectivity index (χ1n) is 6.53. The molecule has 1 fully saturated rings. The van der Waals surface area contributed by atoms with E-state index in [0.29, 0.717) is 0 Å². The molecule has 0 aliphatic carbocycles. The number of hydrogen-bond donors (Lipinski definition) is 4. The largest absolute Gasteiger partial charge is 0.390 e. The van der Waals surface area contributed by atoms with Crippen molar-refractivity contribution in [3.05, 3.63) is 16.0 Å². The quantitative estimate of drug-likeness (QED) is 0.510. The number of nitrogens with two attached hydrogens (primary N) is 1. The van der Waals surface area contributed by atoms with E-state index in [0.717, 1.165) is 6.21 Å². The molecule has 1 aromatic rings. The number of anilines is 1. The Hall–Kier alpha value is -2.35. The number of aliphatic imine (C=N–C) groups is 1. The van der Waals surface area contributed by atoms with Gasteiger partial charge in [-0.1, -0.05) is 5.92 Å². The highest BCUT2D eigenvalue weighted by Crippen LogP contribution is 2.48. The Balaban J connectivity index is 2.10. The summed E-state index contributed by atoms with van der Waals surface area (Å²) in [5.74, 6) is -2.83. The topological polar surface area (TPSA) is 134 Å². The van der Waals surface area contributed by atoms with Crippen LogP contribution in [0.1, 0.15) is 11.6 Å². The Morgan fingerprint density at radius 3 is 2.87 bits per heavy atom. The molecule has 8 nitrogen and oxygen atoms in total. The maximum Gasteiger partial charge on any atom is 0.278 e. The molecule has 0 amide bonds. The van der Waals surface area contributed by atoms with Gasteiger partial charge in [0.05, 0.1) is 11.6 Å². The summed E-state index contributed by atoms with van der Waals surface area (Å²) in [5, 5.41) is 18.9. The molecule has 3 rings (SSSR count). The predicted molar refractivity (Wildman–Crippen MR) is 74.6 cm³/mol. The Bertz CT molecular complexity index is 791. The molecule has 5 atom stereocenters. The van der Waals surface area contributed by atoms with Crippen molar-refractivity contribution in [2.45, 2.75) is 29.6 Å². The van der Waals surface area contributed by atoms with Crippen molar-refractivity contribution >= 4 is 17.9 Å². The van der Waals surface area contributed by atoms with Crippen LogP contribution < -0.4 is 11.3 Å². The molecule has 0 saturated carbocycles. The highest BCUT2D eigenvalue weighted by atomic mass is 19.2. The first kappa shape index (κ1) is 15.5. The summed E-state index contributed by atoms with van der Waals surface area (Å²) in [6.45, 7) is -1.31. The molecule has 1 saturated heterocycles. The number of aliphatic hydroxyl groups is 2. The van der Waals surface area contributed by atoms with Crippen molar-refractivity contribution in [2.75, 3.05) is 12.3 Å². The second-order valence-electron chi connectivity index (χ2n) is 5.29. The number of nitrogens with zero attached hydrogens (tertiary/aromatic N) is 2. The molecule has 3 heterocycles. The van der Waals surface area contributed by atoms with Crippen LogP contribution in [0.5, 0.6) is 0 Å². The van der Waals surface area contributed by atoms with Gasteiger partial charge in [0.15, 0.2) is 11.8 Å². The number of aliphatic hydroxyl groups excluding tert-OH is 2. The average Bonchev–Trinajstić information content (AvgIpc) is 3.01. The first-order chi connectivity index (χ1) is 10.8. The minimum Gasteiger partial charge on any atom is -0.390 e. The van der Waals surface area contributed by atoms with Crippen molar-refractivity contribution in [1.82, 2.24) is 9.97 Å². The van der Waals surface area contributed by atoms with E-state index in [1.54, 1.807) is 5.92 Å². The number of nitrogens with one attached hydrogen (secondary N) is 1. The number of rotatable bonds is 2. The lowest BCUT2D eigenvalue weighted by Gasteiger charge is -2.25. The Morgan fingerprint density at radius 2 is 2.26 bits per heavy atom. The third-order valence-electron chi connectivity index (χ3n) is 3.93. The van der Waals surface area contributed by atoms with E-state index >= 15 is 0 Å². The molecular weight excluding hydrogens is 314 g/mol. The van der Waals surface area contributed by atoms with E-state index in [1.165, 1.54) is 0 Å². The van der Waals surface area contributed by atoms with Crippen LogP contribution in [-0.4, -0.2) is 56.7 Å². The lowest BCUT2D eigenvalue weighted by Crippen LogP contribution is -2.48. The molecule has 10 heteroatoms. The fourth-order valence-electron chi connectivity index (χ4n) is 2.76. The minimum atomic E-state index is -3.09. The van der Waals surface area contributed by atoms with E-state index in [1.807, 2.05) is 0 Å². The van der Waals surface area contributed by atoms with Gasteiger partial charge in [0.1, 0.15) is 12.7 Å². The van der Waals surface area contributed by atoms with Crippen LogP contribution in [0.25, 0.3) is 0 Å². The molecule has 2 aliphatic heterocycles. The third-order valence-corrected chi connectivity index (χ3v) is 3.93. The van der Waals surface area contributed by atoms with Gasteiger partial charge < -0.3 is 20.7 Å². The zero-order chi connectivity index (χ0) is 17.0. The van der Waals surface area contributed by atoms with Gasteiger partial charge in [-0.05, 0) is 0 Å². The van der Waals surface area contributed by atoms with E-state index in [-0.39, 0.29) is 17.3 Å². The summed E-state index contributed by atoms with van der Waals surface area (Å²) in [4.78, 5) is 21.6. The lowest BCUT2D eigenvalue weighted by atomic mass is 9.85. The van der Waals surface area contributed by atoms with Crippen LogP contribution in [0.15, 0.2) is 9.79 Å². The van der Waals surface area contributed by atoms with Crippen LogP contribution in [0.2, 0.25) is 0 Å². The van der Waals surface area contributed by atoms with Gasteiger partial charge in [0, 0.05) is 6.21 Å². The number of ether oxygens (including phenoxy) is 1. The molecule has 0 bridgehead atoms. The summed E-state index contributed by atoms with van der Waals surface area (Å²) in [6, 6.07) is 0. The van der Waals surface area contributed by atoms with Gasteiger partial charge in [0.2, 0.25) is 11.6 Å². The molecule has 1 unspecified atom stereocenters. The normalized spacial score (nSPS) is 38.5. The maximum absolute atomic E-state index is 15.0. The van der Waals surface area contributed by atoms with Crippen LogP contribution in [-0.2, 0) is 4.74 Å². The van der Waals surface area contributed by atoms with Crippen LogP contribution in [0.3, 0.4) is 0 Å². The summed E-state index contributed by atoms with van der Waals surface area (Å²) in [5.41, 5.74) is 1.62. The number of alkyl halides is 2. The Labute approximate surface area is 128 Å². The van der Waals surface area contributed by atoms with E-state index in [4.69, 9.17) is 22.0 Å². The first-order valence-corrected chi connectivity index (χ1v) is 6.53. The number of terminal acetylenes is 1. The predicted octanol–water partition coefficient (Wildman–Crippen LogP) is -1.09. The highest BCUT2D eigenvalue weighted by Gasteiger charge is 2.67. The summed E-state index contributed by atoms with van der Waals surface area (Å²) in [7, 11) is 0. The number of H-pyrrole nitrogens is 1. The minimum absolute atomic E-state index is 0.0529. The van der Waals surface area contributed by atoms with E-state index < -0.39 is 41.8 Å². The number of halogens is 2. The van der Waals surface area contributed by atoms with Crippen LogP contribution >= 0.6 is 0 Å². The third kappa shape index (κ3) is 1.98. The zero-order valence-corrected chi connectivity index (χ0v) is 11.5. The second kappa shape index (κ2) is 4.82. The molecule has 2 aliphatic rings. The Morgan fingerprint density at radius 1 is 1.57 bits per heavy atom.